The lowest BCUT2D eigenvalue weighted by Crippen LogP contribution is -2.50. The van der Waals surface area contributed by atoms with Gasteiger partial charge in [0.15, 0.2) is 5.13 Å². The minimum Gasteiger partial charge on any atom is -0.346 e. The maximum absolute atomic E-state index is 13.5. The fourth-order valence-corrected chi connectivity index (χ4v) is 5.75. The van der Waals surface area contributed by atoms with Gasteiger partial charge < -0.3 is 9.80 Å². The van der Waals surface area contributed by atoms with Gasteiger partial charge in [-0.05, 0) is 43.2 Å². The first-order valence-corrected chi connectivity index (χ1v) is 12.8. The molecule has 5 rings (SSSR count). The maximum atomic E-state index is 13.5. The molecule has 0 unspecified atom stereocenters. The maximum Gasteiger partial charge on any atom is 0.260 e. The molecule has 0 atom stereocenters. The number of hydrogen-bond acceptors (Lipinski definition) is 7. The highest BCUT2D eigenvalue weighted by molar-refractivity contribution is 7.13. The van der Waals surface area contributed by atoms with Crippen LogP contribution in [0, 0.1) is 5.82 Å². The molecule has 1 amide bonds. The van der Waals surface area contributed by atoms with Gasteiger partial charge in [0.2, 0.25) is 0 Å². The van der Waals surface area contributed by atoms with Crippen molar-refractivity contribution in [2.75, 3.05) is 36.0 Å². The third-order valence-corrected chi connectivity index (χ3v) is 7.70. The minimum absolute atomic E-state index is 0.225. The van der Waals surface area contributed by atoms with Gasteiger partial charge in [0, 0.05) is 43.3 Å². The number of amides is 1. The molecule has 0 N–H and O–H groups in total. The van der Waals surface area contributed by atoms with E-state index in [0.29, 0.717) is 17.8 Å². The monoisotopic (exact) mass is 480 g/mol. The Kier molecular flexibility index (Phi) is 7.10. The number of nitrogens with zero attached hydrogens (tertiary/aromatic N) is 6. The van der Waals surface area contributed by atoms with Crippen LogP contribution in [0.3, 0.4) is 0 Å². The second-order valence-corrected chi connectivity index (χ2v) is 9.77. The number of benzene rings is 1. The molecular weight excluding hydrogens is 451 g/mol. The molecule has 2 aromatic heterocycles. The number of carbonyl (C=O) groups excluding carboxylic acids is 1. The van der Waals surface area contributed by atoms with E-state index in [9.17, 15) is 9.18 Å². The van der Waals surface area contributed by atoms with Crippen molar-refractivity contribution < 1.29 is 9.18 Å². The number of carbonyl (C=O) groups is 1. The van der Waals surface area contributed by atoms with E-state index in [1.54, 1.807) is 34.4 Å². The van der Waals surface area contributed by atoms with E-state index in [-0.39, 0.29) is 11.7 Å². The summed E-state index contributed by atoms with van der Waals surface area (Å²) in [7, 11) is 0. The van der Waals surface area contributed by atoms with Gasteiger partial charge in [0.25, 0.3) is 5.91 Å². The highest BCUT2D eigenvalue weighted by Gasteiger charge is 2.27. The first kappa shape index (κ1) is 22.9. The Morgan fingerprint density at radius 3 is 2.50 bits per heavy atom. The Hall–Kier alpha value is -2.91. The van der Waals surface area contributed by atoms with Crippen LogP contribution in [-0.2, 0) is 6.54 Å². The third-order valence-electron chi connectivity index (χ3n) is 6.75. The zero-order chi connectivity index (χ0) is 23.3. The van der Waals surface area contributed by atoms with Crippen LogP contribution in [0.15, 0.2) is 48.1 Å². The van der Waals surface area contributed by atoms with Crippen LogP contribution in [-0.4, -0.2) is 58.2 Å². The molecular formula is C25H29FN6OS. The molecule has 1 aromatic carbocycles. The zero-order valence-electron chi connectivity index (χ0n) is 19.1. The molecule has 1 saturated carbocycles. The quantitative estimate of drug-likeness (QED) is 0.522. The Bertz CT molecular complexity index is 1080. The molecule has 1 aliphatic heterocycles. The first-order valence-electron chi connectivity index (χ1n) is 11.9. The molecule has 178 valence electrons. The molecule has 1 aliphatic carbocycles. The van der Waals surface area contributed by atoms with Crippen molar-refractivity contribution in [1.29, 1.82) is 0 Å². The molecule has 3 aromatic rings. The number of thiazole rings is 1. The molecule has 1 saturated heterocycles. The Labute approximate surface area is 203 Å². The summed E-state index contributed by atoms with van der Waals surface area (Å²) in [4.78, 5) is 24.7. The number of aromatic nitrogens is 3. The smallest absolute Gasteiger partial charge is 0.260 e. The van der Waals surface area contributed by atoms with E-state index in [1.165, 1.54) is 56.6 Å². The Balaban J connectivity index is 1.28. The van der Waals surface area contributed by atoms with Gasteiger partial charge in [-0.1, -0.05) is 19.3 Å². The predicted octanol–water partition coefficient (Wildman–Crippen LogP) is 4.37. The predicted molar refractivity (Wildman–Crippen MR) is 132 cm³/mol. The molecule has 0 radical (unpaired) electrons. The van der Waals surface area contributed by atoms with Crippen LogP contribution in [0.1, 0.15) is 48.2 Å². The van der Waals surface area contributed by atoms with E-state index < -0.39 is 0 Å². The van der Waals surface area contributed by atoms with Gasteiger partial charge in [-0.3, -0.25) is 9.69 Å². The van der Waals surface area contributed by atoms with Crippen molar-refractivity contribution in [2.45, 2.75) is 44.7 Å². The van der Waals surface area contributed by atoms with Crippen LogP contribution < -0.4 is 9.80 Å². The molecule has 2 fully saturated rings. The van der Waals surface area contributed by atoms with Crippen LogP contribution in [0.2, 0.25) is 0 Å². The highest BCUT2D eigenvalue weighted by atomic mass is 32.1. The van der Waals surface area contributed by atoms with Gasteiger partial charge >= 0.3 is 0 Å². The molecule has 0 bridgehead atoms. The van der Waals surface area contributed by atoms with Gasteiger partial charge in [-0.2, -0.15) is 10.2 Å². The Morgan fingerprint density at radius 2 is 1.79 bits per heavy atom. The SMILES string of the molecule is O=C(c1ccnnc1)N(Cc1csc(N2CCN(C3CCCCC3)CC2)n1)c1ccc(F)cc1. The average molecular weight is 481 g/mol. The summed E-state index contributed by atoms with van der Waals surface area (Å²) in [6, 6.07) is 8.32. The average Bonchev–Trinajstić information content (AvgIpc) is 3.37. The van der Waals surface area contributed by atoms with Crippen molar-refractivity contribution in [3.8, 4) is 0 Å². The fourth-order valence-electron chi connectivity index (χ4n) is 4.88. The van der Waals surface area contributed by atoms with Crippen molar-refractivity contribution >= 4 is 28.1 Å². The van der Waals surface area contributed by atoms with Gasteiger partial charge in [0.1, 0.15) is 5.82 Å². The van der Waals surface area contributed by atoms with E-state index in [1.807, 2.05) is 5.38 Å². The highest BCUT2D eigenvalue weighted by Crippen LogP contribution is 2.28. The summed E-state index contributed by atoms with van der Waals surface area (Å²) in [6.07, 6.45) is 9.71. The number of anilines is 2. The Morgan fingerprint density at radius 1 is 1.03 bits per heavy atom. The molecule has 7 nitrogen and oxygen atoms in total. The number of rotatable bonds is 6. The summed E-state index contributed by atoms with van der Waals surface area (Å²) < 4.78 is 13.5. The van der Waals surface area contributed by atoms with Crippen molar-refractivity contribution in [1.82, 2.24) is 20.1 Å². The summed E-state index contributed by atoms with van der Waals surface area (Å²) in [5, 5.41) is 10.6. The second-order valence-electron chi connectivity index (χ2n) is 8.94. The summed E-state index contributed by atoms with van der Waals surface area (Å²) in [5.41, 5.74) is 1.85. The normalized spacial score (nSPS) is 17.6. The zero-order valence-corrected chi connectivity index (χ0v) is 20.0. The lowest BCUT2D eigenvalue weighted by atomic mass is 9.94. The van der Waals surface area contributed by atoms with E-state index in [0.717, 1.165) is 43.0 Å². The van der Waals surface area contributed by atoms with E-state index in [4.69, 9.17) is 4.98 Å². The molecule has 3 heterocycles. The van der Waals surface area contributed by atoms with Crippen molar-refractivity contribution in [2.24, 2.45) is 0 Å². The van der Waals surface area contributed by atoms with Gasteiger partial charge in [-0.25, -0.2) is 9.37 Å². The lowest BCUT2D eigenvalue weighted by molar-refractivity contribution is 0.0984. The van der Waals surface area contributed by atoms with E-state index in [2.05, 4.69) is 20.0 Å². The summed E-state index contributed by atoms with van der Waals surface area (Å²) in [5.74, 6) is -0.567. The van der Waals surface area contributed by atoms with Gasteiger partial charge in [-0.15, -0.1) is 11.3 Å². The van der Waals surface area contributed by atoms with Gasteiger partial charge in [0.05, 0.1) is 30.2 Å². The standard InChI is InChI=1S/C25H29FN6OS/c26-20-6-8-23(9-7-20)32(24(33)19-10-11-27-28-16-19)17-21-18-34-25(29-21)31-14-12-30(13-15-31)22-4-2-1-3-5-22/h6-11,16,18,22H,1-5,12-15,17H2. The molecule has 2 aliphatic rings. The second kappa shape index (κ2) is 10.6. The minimum atomic E-state index is -0.343. The van der Waals surface area contributed by atoms with Crippen LogP contribution >= 0.6 is 11.3 Å². The topological polar surface area (TPSA) is 65.5 Å². The summed E-state index contributed by atoms with van der Waals surface area (Å²) >= 11 is 1.62. The molecule has 9 heteroatoms. The van der Waals surface area contributed by atoms with Crippen LogP contribution in [0.4, 0.5) is 15.2 Å². The molecule has 0 spiro atoms. The fraction of sp³-hybridized carbons (Fsp3) is 0.440. The number of hydrogen-bond donors (Lipinski definition) is 0. The number of halogens is 1. The van der Waals surface area contributed by atoms with E-state index >= 15 is 0 Å². The van der Waals surface area contributed by atoms with Crippen LogP contribution in [0.5, 0.6) is 0 Å². The third kappa shape index (κ3) is 5.26. The number of piperazine rings is 1. The first-order chi connectivity index (χ1) is 16.7. The lowest BCUT2D eigenvalue weighted by Gasteiger charge is -2.40. The van der Waals surface area contributed by atoms with Crippen LogP contribution in [0.25, 0.3) is 0 Å². The van der Waals surface area contributed by atoms with Crippen molar-refractivity contribution in [3.63, 3.8) is 0 Å². The summed E-state index contributed by atoms with van der Waals surface area (Å²) in [6.45, 7) is 4.41. The molecule has 34 heavy (non-hydrogen) atoms. The largest absolute Gasteiger partial charge is 0.346 e. The van der Waals surface area contributed by atoms with Crippen molar-refractivity contribution in [3.05, 3.63) is 65.2 Å².